The third kappa shape index (κ3) is 2.60. The van der Waals surface area contributed by atoms with Crippen molar-refractivity contribution in [1.29, 1.82) is 0 Å². The van der Waals surface area contributed by atoms with Crippen LogP contribution in [-0.4, -0.2) is 9.97 Å². The Morgan fingerprint density at radius 3 is 2.52 bits per heavy atom. The number of halogens is 2. The molecule has 0 aliphatic rings. The van der Waals surface area contributed by atoms with E-state index in [0.717, 1.165) is 16.6 Å². The third-order valence-electron chi connectivity index (χ3n) is 3.54. The second-order valence-corrected chi connectivity index (χ2v) is 7.03. The van der Waals surface area contributed by atoms with Crippen molar-refractivity contribution >= 4 is 27.0 Å². The van der Waals surface area contributed by atoms with Crippen LogP contribution in [0.4, 0.5) is 4.39 Å². The lowest BCUT2D eigenvalue weighted by Crippen LogP contribution is -2.11. The Balaban J connectivity index is 2.23. The molecule has 21 heavy (non-hydrogen) atoms. The summed E-state index contributed by atoms with van der Waals surface area (Å²) in [5.41, 5.74) is 3.24. The Bertz CT molecular complexity index is 782. The van der Waals surface area contributed by atoms with Crippen molar-refractivity contribution in [3.05, 3.63) is 52.3 Å². The van der Waals surface area contributed by atoms with Crippen LogP contribution in [0.3, 0.4) is 0 Å². The number of fused-ring (bicyclic) bond motifs is 1. The van der Waals surface area contributed by atoms with Gasteiger partial charge in [-0.05, 0) is 51.2 Å². The van der Waals surface area contributed by atoms with Crippen molar-refractivity contribution in [1.82, 2.24) is 9.97 Å². The number of nitrogens with one attached hydrogen (secondary N) is 1. The van der Waals surface area contributed by atoms with Crippen molar-refractivity contribution in [3.8, 4) is 11.4 Å². The van der Waals surface area contributed by atoms with Crippen molar-refractivity contribution in [2.75, 3.05) is 0 Å². The minimum atomic E-state index is -0.290. The summed E-state index contributed by atoms with van der Waals surface area (Å²) in [5, 5.41) is 0. The third-order valence-corrected chi connectivity index (χ3v) is 4.12. The largest absolute Gasteiger partial charge is 0.338 e. The minimum Gasteiger partial charge on any atom is -0.338 e. The number of aromatic amines is 1. The SMILES string of the molecule is CC(C)(C)c1cc(Br)c(F)c(-c2nc3ccccc3[nH]2)c1. The van der Waals surface area contributed by atoms with Crippen LogP contribution in [0.2, 0.25) is 0 Å². The molecular formula is C17H16BrFN2. The van der Waals surface area contributed by atoms with Crippen LogP contribution in [0.1, 0.15) is 26.3 Å². The van der Waals surface area contributed by atoms with Crippen LogP contribution in [0, 0.1) is 5.82 Å². The Morgan fingerprint density at radius 1 is 1.14 bits per heavy atom. The second-order valence-electron chi connectivity index (χ2n) is 6.17. The normalized spacial score (nSPS) is 12.0. The summed E-state index contributed by atoms with van der Waals surface area (Å²) in [6.07, 6.45) is 0. The van der Waals surface area contributed by atoms with E-state index in [4.69, 9.17) is 0 Å². The molecule has 2 aromatic carbocycles. The van der Waals surface area contributed by atoms with Crippen molar-refractivity contribution in [3.63, 3.8) is 0 Å². The number of nitrogens with zero attached hydrogens (tertiary/aromatic N) is 1. The van der Waals surface area contributed by atoms with Crippen LogP contribution >= 0.6 is 15.9 Å². The molecule has 0 amide bonds. The van der Waals surface area contributed by atoms with E-state index in [0.29, 0.717) is 15.9 Å². The molecule has 0 aliphatic carbocycles. The zero-order valence-electron chi connectivity index (χ0n) is 12.2. The van der Waals surface area contributed by atoms with Crippen molar-refractivity contribution in [2.24, 2.45) is 0 Å². The van der Waals surface area contributed by atoms with Gasteiger partial charge in [0.2, 0.25) is 0 Å². The van der Waals surface area contributed by atoms with E-state index in [1.807, 2.05) is 36.4 Å². The molecule has 0 saturated heterocycles. The number of hydrogen-bond donors (Lipinski definition) is 1. The summed E-state index contributed by atoms with van der Waals surface area (Å²) in [6, 6.07) is 11.4. The Morgan fingerprint density at radius 2 is 1.86 bits per heavy atom. The van der Waals surface area contributed by atoms with Crippen LogP contribution < -0.4 is 0 Å². The molecule has 1 N–H and O–H groups in total. The highest BCUT2D eigenvalue weighted by atomic mass is 79.9. The molecule has 108 valence electrons. The molecule has 3 aromatic rings. The van der Waals surface area contributed by atoms with E-state index in [9.17, 15) is 4.39 Å². The van der Waals surface area contributed by atoms with E-state index < -0.39 is 0 Å². The molecule has 0 spiro atoms. The molecular weight excluding hydrogens is 331 g/mol. The van der Waals surface area contributed by atoms with Crippen molar-refractivity contribution < 1.29 is 4.39 Å². The summed E-state index contributed by atoms with van der Waals surface area (Å²) in [5.74, 6) is 0.266. The molecule has 0 unspecified atom stereocenters. The fourth-order valence-electron chi connectivity index (χ4n) is 2.27. The summed E-state index contributed by atoms with van der Waals surface area (Å²) >= 11 is 3.31. The Labute approximate surface area is 131 Å². The standard InChI is InChI=1S/C17H16BrFN2/c1-17(2,3)10-8-11(15(19)12(18)9-10)16-20-13-6-4-5-7-14(13)21-16/h4-9H,1-3H3,(H,20,21). The topological polar surface area (TPSA) is 28.7 Å². The van der Waals surface area contributed by atoms with Gasteiger partial charge in [0.25, 0.3) is 0 Å². The average Bonchev–Trinajstić information content (AvgIpc) is 2.84. The van der Waals surface area contributed by atoms with Gasteiger partial charge >= 0.3 is 0 Å². The number of hydrogen-bond acceptors (Lipinski definition) is 1. The highest BCUT2D eigenvalue weighted by molar-refractivity contribution is 9.10. The molecule has 0 atom stereocenters. The summed E-state index contributed by atoms with van der Waals surface area (Å²) < 4.78 is 14.9. The maximum absolute atomic E-state index is 14.5. The van der Waals surface area contributed by atoms with Crippen LogP contribution in [-0.2, 0) is 5.41 Å². The quantitative estimate of drug-likeness (QED) is 0.625. The number of imidazole rings is 1. The molecule has 0 radical (unpaired) electrons. The highest BCUT2D eigenvalue weighted by Crippen LogP contribution is 2.33. The monoisotopic (exact) mass is 346 g/mol. The first-order chi connectivity index (χ1) is 9.86. The lowest BCUT2D eigenvalue weighted by molar-refractivity contribution is 0.581. The molecule has 1 aromatic heterocycles. The van der Waals surface area contributed by atoms with E-state index in [2.05, 4.69) is 46.7 Å². The van der Waals surface area contributed by atoms with Gasteiger partial charge in [-0.1, -0.05) is 32.9 Å². The number of aromatic nitrogens is 2. The van der Waals surface area contributed by atoms with Gasteiger partial charge in [-0.25, -0.2) is 9.37 Å². The first-order valence-electron chi connectivity index (χ1n) is 6.81. The van der Waals surface area contributed by atoms with Gasteiger partial charge in [0.05, 0.1) is 21.1 Å². The van der Waals surface area contributed by atoms with Crippen LogP contribution in [0.15, 0.2) is 40.9 Å². The second kappa shape index (κ2) is 4.95. The molecule has 0 bridgehead atoms. The van der Waals surface area contributed by atoms with Gasteiger partial charge in [-0.3, -0.25) is 0 Å². The van der Waals surface area contributed by atoms with Crippen LogP contribution in [0.25, 0.3) is 22.4 Å². The van der Waals surface area contributed by atoms with Crippen LogP contribution in [0.5, 0.6) is 0 Å². The summed E-state index contributed by atoms with van der Waals surface area (Å²) in [6.45, 7) is 6.32. The number of H-pyrrole nitrogens is 1. The Hall–Kier alpha value is -1.68. The molecule has 4 heteroatoms. The lowest BCUT2D eigenvalue weighted by Gasteiger charge is -2.20. The molecule has 0 saturated carbocycles. The van der Waals surface area contributed by atoms with Gasteiger partial charge in [0, 0.05) is 0 Å². The highest BCUT2D eigenvalue weighted by Gasteiger charge is 2.20. The van der Waals surface area contributed by atoms with E-state index in [1.165, 1.54) is 0 Å². The van der Waals surface area contributed by atoms with E-state index in [-0.39, 0.29) is 11.2 Å². The van der Waals surface area contributed by atoms with Gasteiger partial charge in [0.15, 0.2) is 0 Å². The Kier molecular flexibility index (Phi) is 3.36. The van der Waals surface area contributed by atoms with Gasteiger partial charge < -0.3 is 4.98 Å². The number of para-hydroxylation sites is 2. The van der Waals surface area contributed by atoms with Gasteiger partial charge in [0.1, 0.15) is 11.6 Å². The molecule has 1 heterocycles. The smallest absolute Gasteiger partial charge is 0.148 e. The molecule has 2 nitrogen and oxygen atoms in total. The molecule has 0 aliphatic heterocycles. The minimum absolute atomic E-state index is 0.0585. The van der Waals surface area contributed by atoms with Gasteiger partial charge in [-0.2, -0.15) is 0 Å². The zero-order chi connectivity index (χ0) is 15.2. The summed E-state index contributed by atoms with van der Waals surface area (Å²) in [7, 11) is 0. The zero-order valence-corrected chi connectivity index (χ0v) is 13.8. The van der Waals surface area contributed by atoms with Gasteiger partial charge in [-0.15, -0.1) is 0 Å². The fourth-order valence-corrected chi connectivity index (χ4v) is 2.73. The lowest BCUT2D eigenvalue weighted by atomic mass is 9.86. The average molecular weight is 347 g/mol. The maximum atomic E-state index is 14.5. The first kappa shape index (κ1) is 14.3. The predicted octanol–water partition coefficient (Wildman–Crippen LogP) is 5.43. The maximum Gasteiger partial charge on any atom is 0.148 e. The van der Waals surface area contributed by atoms with E-state index in [1.54, 1.807) is 0 Å². The number of rotatable bonds is 1. The van der Waals surface area contributed by atoms with E-state index >= 15 is 0 Å². The van der Waals surface area contributed by atoms with Crippen molar-refractivity contribution in [2.45, 2.75) is 26.2 Å². The first-order valence-corrected chi connectivity index (χ1v) is 7.60. The number of benzene rings is 2. The summed E-state index contributed by atoms with van der Waals surface area (Å²) in [4.78, 5) is 7.68. The predicted molar refractivity (Wildman–Crippen MR) is 87.9 cm³/mol. The fraction of sp³-hybridized carbons (Fsp3) is 0.235. The molecule has 0 fully saturated rings. The molecule has 3 rings (SSSR count).